The van der Waals surface area contributed by atoms with Crippen molar-refractivity contribution in [2.75, 3.05) is 0 Å². The Bertz CT molecular complexity index is 104. The average Bonchev–Trinajstić information content (AvgIpc) is 1.68. The molecule has 0 rings (SSSR count). The molecule has 0 saturated heterocycles. The Hall–Kier alpha value is -0.876. The van der Waals surface area contributed by atoms with Crippen molar-refractivity contribution in [3.63, 3.8) is 0 Å². The van der Waals surface area contributed by atoms with E-state index in [4.69, 9.17) is 9.41 Å². The summed E-state index contributed by atoms with van der Waals surface area (Å²) < 4.78 is 8.19. The molecule has 0 fully saturated rings. The zero-order valence-electron chi connectivity index (χ0n) is 4.20. The molecule has 0 aliphatic heterocycles. The predicted molar refractivity (Wildman–Crippen MR) is 23.3 cm³/mol. The van der Waals surface area contributed by atoms with Crippen LogP contribution < -0.4 is 5.73 Å². The number of nitrogens with one attached hydrogen (secondary N) is 1. The summed E-state index contributed by atoms with van der Waals surface area (Å²) in [5.74, 6) is 0. The molecule has 7 heteroatoms. The van der Waals surface area contributed by atoms with Gasteiger partial charge in [-0.15, -0.1) is 0 Å². The molecule has 0 aromatic rings. The fourth-order valence-electron chi connectivity index (χ4n) is 0.100. The van der Waals surface area contributed by atoms with Gasteiger partial charge in [-0.25, -0.2) is 0 Å². The first-order valence-corrected chi connectivity index (χ1v) is 2.15. The molecule has 6 nitrogen and oxygen atoms in total. The van der Waals surface area contributed by atoms with Gasteiger partial charge < -0.3 is 21.6 Å². The van der Waals surface area contributed by atoms with Crippen molar-refractivity contribution in [2.24, 2.45) is 5.73 Å². The number of nitrogens with zero attached hydrogens (tertiary/aromatic N) is 1. The van der Waals surface area contributed by atoms with Crippen LogP contribution in [0.2, 0.25) is 0 Å². The van der Waals surface area contributed by atoms with E-state index in [2.05, 4.69) is 11.1 Å². The number of hydrogen-bond acceptors (Lipinski definition) is 3. The van der Waals surface area contributed by atoms with E-state index >= 15 is 0 Å². The van der Waals surface area contributed by atoms with E-state index in [1.165, 1.54) is 0 Å². The van der Waals surface area contributed by atoms with E-state index in [0.717, 1.165) is 17.4 Å². The molecular formula is C2H3N3O3V. The number of nitrogens with two attached hydrogens (primary N) is 1. The van der Waals surface area contributed by atoms with Crippen molar-refractivity contribution in [1.29, 1.82) is 0 Å². The standard InChI is InChI=1S/C2H5N3O2.O.V/c3-1(6)5-2(4)7;;/h(H5,3,4,5,6,7);;/q;;+2/p-2. The number of carbonyl (C=O) groups excluding carboxylic acids is 2. The molecule has 0 unspecified atom stereocenters. The molecule has 0 heterocycles. The van der Waals surface area contributed by atoms with Gasteiger partial charge in [-0.1, -0.05) is 0 Å². The quantitative estimate of drug-likeness (QED) is 0.567. The first-order chi connectivity index (χ1) is 4.13. The summed E-state index contributed by atoms with van der Waals surface area (Å²) in [6.07, 6.45) is 0. The van der Waals surface area contributed by atoms with Gasteiger partial charge in [0.1, 0.15) is 6.03 Å². The first-order valence-electron chi connectivity index (χ1n) is 1.58. The number of rotatable bonds is 0. The molecule has 0 atom stereocenters. The number of urea groups is 2. The van der Waals surface area contributed by atoms with Crippen LogP contribution in [-0.2, 0) is 21.0 Å². The summed E-state index contributed by atoms with van der Waals surface area (Å²) in [5.41, 5.74) is 10.3. The summed E-state index contributed by atoms with van der Waals surface area (Å²) in [5, 5.41) is 2.44. The Balaban J connectivity index is 0. The normalized spacial score (nSPS) is 6.44. The summed E-state index contributed by atoms with van der Waals surface area (Å²) in [6.45, 7) is 0. The Morgan fingerprint density at radius 1 is 1.44 bits per heavy atom. The van der Waals surface area contributed by atoms with Crippen molar-refractivity contribution in [3.8, 4) is 0 Å². The van der Waals surface area contributed by atoms with Crippen LogP contribution in [0.15, 0.2) is 0 Å². The predicted octanol–water partition coefficient (Wildman–Crippen LogP) is 0.490. The van der Waals surface area contributed by atoms with Crippen LogP contribution in [0.3, 0.4) is 0 Å². The molecule has 3 N–H and O–H groups in total. The molecule has 0 radical (unpaired) electrons. The zero-order valence-corrected chi connectivity index (χ0v) is 5.59. The number of primary amides is 1. The van der Waals surface area contributed by atoms with Crippen molar-refractivity contribution in [3.05, 3.63) is 11.1 Å². The zero-order chi connectivity index (χ0) is 7.86. The van der Waals surface area contributed by atoms with Gasteiger partial charge in [0.15, 0.2) is 0 Å². The van der Waals surface area contributed by atoms with E-state index < -0.39 is 12.1 Å². The van der Waals surface area contributed by atoms with E-state index in [-0.39, 0.29) is 0 Å². The van der Waals surface area contributed by atoms with Gasteiger partial charge in [-0.2, -0.15) is 0 Å². The molecule has 0 saturated carbocycles. The molecule has 0 aliphatic rings. The Labute approximate surface area is 60.2 Å². The van der Waals surface area contributed by atoms with Crippen LogP contribution in [0.25, 0.3) is 11.1 Å². The van der Waals surface area contributed by atoms with Crippen molar-refractivity contribution >= 4 is 12.1 Å². The van der Waals surface area contributed by atoms with Gasteiger partial charge in [0.05, 0.1) is 0 Å². The van der Waals surface area contributed by atoms with Crippen LogP contribution in [0.5, 0.6) is 0 Å². The number of carbonyl (C=O) groups is 2. The van der Waals surface area contributed by atoms with Gasteiger partial charge in [-0.05, 0) is 6.03 Å². The third-order valence-electron chi connectivity index (χ3n) is 0.212. The summed E-state index contributed by atoms with van der Waals surface area (Å²) >= 11 is 1.06. The third-order valence-corrected chi connectivity index (χ3v) is 0.212. The monoisotopic (exact) mass is 168 g/mol. The van der Waals surface area contributed by atoms with Crippen LogP contribution in [0.1, 0.15) is 0 Å². The van der Waals surface area contributed by atoms with Crippen LogP contribution in [-0.4, -0.2) is 12.1 Å². The van der Waals surface area contributed by atoms with Gasteiger partial charge in [0.2, 0.25) is 0 Å². The summed E-state index contributed by atoms with van der Waals surface area (Å²) in [6, 6.07) is -2.44. The van der Waals surface area contributed by atoms with E-state index in [1.54, 1.807) is 0 Å². The Kier molecular flexibility index (Phi) is 8.70. The second kappa shape index (κ2) is 7.12. The molecule has 9 heavy (non-hydrogen) atoms. The second-order valence-corrected chi connectivity index (χ2v) is 0.755. The van der Waals surface area contributed by atoms with Crippen molar-refractivity contribution < 1.29 is 30.6 Å². The molecule has 49 valence electrons. The molecule has 0 aromatic heterocycles. The Morgan fingerprint density at radius 3 is 1.78 bits per heavy atom. The maximum atomic E-state index is 9.52. The van der Waals surface area contributed by atoms with Crippen molar-refractivity contribution in [1.82, 2.24) is 0 Å². The molecule has 4 amide bonds. The van der Waals surface area contributed by atoms with Gasteiger partial charge in [0, 0.05) is 0 Å². The minimum absolute atomic E-state index is 1.06. The van der Waals surface area contributed by atoms with Gasteiger partial charge >= 0.3 is 21.0 Å². The molecule has 0 aliphatic carbocycles. The SMILES string of the molecule is [NH-]C(=O)[N-]C(N)=O.[O]=[V+2]. The average molecular weight is 168 g/mol. The third kappa shape index (κ3) is 19.2. The van der Waals surface area contributed by atoms with Crippen LogP contribution >= 0.6 is 0 Å². The fourth-order valence-corrected chi connectivity index (χ4v) is 0.100. The van der Waals surface area contributed by atoms with E-state index in [1.807, 2.05) is 0 Å². The maximum absolute atomic E-state index is 9.52. The number of amides is 4. The van der Waals surface area contributed by atoms with E-state index in [9.17, 15) is 9.59 Å². The molecular weight excluding hydrogens is 165 g/mol. The molecule has 0 aromatic carbocycles. The topological polar surface area (TPSA) is 115 Å². The fraction of sp³-hybridized carbons (Fsp3) is 0. The molecule has 0 bridgehead atoms. The van der Waals surface area contributed by atoms with Crippen LogP contribution in [0, 0.1) is 0 Å². The van der Waals surface area contributed by atoms with Crippen LogP contribution in [0.4, 0.5) is 9.59 Å². The first kappa shape index (κ1) is 11.0. The van der Waals surface area contributed by atoms with Crippen molar-refractivity contribution in [2.45, 2.75) is 0 Å². The summed E-state index contributed by atoms with van der Waals surface area (Å²) in [4.78, 5) is 19.0. The molecule has 0 spiro atoms. The van der Waals surface area contributed by atoms with Gasteiger partial charge in [0.25, 0.3) is 0 Å². The minimum atomic E-state index is -1.31. The second-order valence-electron chi connectivity index (χ2n) is 0.755. The Morgan fingerprint density at radius 2 is 1.78 bits per heavy atom. The number of hydrogen-bond donors (Lipinski definition) is 1. The van der Waals surface area contributed by atoms with Gasteiger partial charge in [-0.3, -0.25) is 4.79 Å². The van der Waals surface area contributed by atoms with E-state index in [0.29, 0.717) is 0 Å². The summed E-state index contributed by atoms with van der Waals surface area (Å²) in [7, 11) is 0. The number of imide groups is 1.